The highest BCUT2D eigenvalue weighted by molar-refractivity contribution is 5.92. The van der Waals surface area contributed by atoms with Crippen molar-refractivity contribution in [3.05, 3.63) is 51.8 Å². The van der Waals surface area contributed by atoms with Gasteiger partial charge in [0.05, 0.1) is 30.9 Å². The Balaban J connectivity index is 1.26. The fraction of sp³-hybridized carbons (Fsp3) is 0.409. The Labute approximate surface area is 216 Å². The molecule has 5 rings (SSSR count). The Bertz CT molecular complexity index is 1330. The Morgan fingerprint density at radius 3 is 2.54 bits per heavy atom. The molecule has 2 atom stereocenters. The zero-order valence-corrected chi connectivity index (χ0v) is 19.9. The minimum Gasteiger partial charge on any atom is -0.438 e. The highest BCUT2D eigenvalue weighted by atomic mass is 19.3. The van der Waals surface area contributed by atoms with Crippen molar-refractivity contribution in [1.82, 2.24) is 15.8 Å². The van der Waals surface area contributed by atoms with Crippen LogP contribution in [0.1, 0.15) is 17.0 Å². The summed E-state index contributed by atoms with van der Waals surface area (Å²) in [4.78, 5) is 48.6. The smallest absolute Gasteiger partial charge is 0.433 e. The van der Waals surface area contributed by atoms with E-state index in [4.69, 9.17) is 9.15 Å². The number of amides is 3. The molecule has 3 fully saturated rings. The van der Waals surface area contributed by atoms with Gasteiger partial charge in [0, 0.05) is 38.2 Å². The number of nitrogens with zero attached hydrogens (tertiary/aromatic N) is 4. The van der Waals surface area contributed by atoms with Gasteiger partial charge in [-0.15, -0.1) is 0 Å². The van der Waals surface area contributed by atoms with Crippen molar-refractivity contribution in [2.24, 2.45) is 0 Å². The Hall–Kier alpha value is -4.41. The fourth-order valence-corrected chi connectivity index (χ4v) is 4.59. The van der Waals surface area contributed by atoms with Crippen molar-refractivity contribution in [2.45, 2.75) is 24.5 Å². The van der Waals surface area contributed by atoms with Gasteiger partial charge in [-0.05, 0) is 6.07 Å². The molecule has 2 N–H and O–H groups in total. The number of halogens is 4. The lowest BCUT2D eigenvalue weighted by molar-refractivity contribution is -0.402. The maximum absolute atomic E-state index is 15.2. The summed E-state index contributed by atoms with van der Waals surface area (Å²) in [5.41, 5.74) is 0.960. The molecule has 1 saturated carbocycles. The van der Waals surface area contributed by atoms with Gasteiger partial charge >= 0.3 is 24.3 Å². The maximum atomic E-state index is 15.2. The van der Waals surface area contributed by atoms with Crippen LogP contribution in [0.25, 0.3) is 0 Å². The third-order valence-electron chi connectivity index (χ3n) is 6.61. The van der Waals surface area contributed by atoms with Crippen LogP contribution in [0.15, 0.2) is 28.7 Å². The van der Waals surface area contributed by atoms with Crippen molar-refractivity contribution >= 4 is 35.2 Å². The van der Waals surface area contributed by atoms with Gasteiger partial charge in [0.15, 0.2) is 17.2 Å². The average molecular weight is 556 g/mol. The van der Waals surface area contributed by atoms with Crippen LogP contribution in [0.2, 0.25) is 0 Å². The van der Waals surface area contributed by atoms with Crippen molar-refractivity contribution in [3.63, 3.8) is 0 Å². The molecule has 0 unspecified atom stereocenters. The van der Waals surface area contributed by atoms with Crippen LogP contribution in [0.4, 0.5) is 39.6 Å². The van der Waals surface area contributed by atoms with E-state index in [2.05, 4.69) is 10.7 Å². The molecule has 2 saturated heterocycles. The number of hydrazine groups is 1. The van der Waals surface area contributed by atoms with Gasteiger partial charge in [-0.1, -0.05) is 0 Å². The van der Waals surface area contributed by atoms with Crippen LogP contribution >= 0.6 is 0 Å². The molecule has 17 heteroatoms. The minimum atomic E-state index is -3.24. The summed E-state index contributed by atoms with van der Waals surface area (Å²) in [5.74, 6) is -5.11. The zero-order chi connectivity index (χ0) is 28.1. The van der Waals surface area contributed by atoms with E-state index in [1.54, 1.807) is 0 Å². The number of benzene rings is 1. The van der Waals surface area contributed by atoms with Crippen LogP contribution in [0.5, 0.6) is 0 Å². The Morgan fingerprint density at radius 1 is 1.18 bits per heavy atom. The second-order valence-electron chi connectivity index (χ2n) is 9.09. The Morgan fingerprint density at radius 2 is 1.90 bits per heavy atom. The van der Waals surface area contributed by atoms with E-state index in [0.29, 0.717) is 0 Å². The SMILES string of the molecule is O=C(N[C@H]1C[C@]12CN(c1cc(F)c(N3CCNN(C(=O)c4ccc([N+](=O)[O-])o4)CC3)c(F)c1)C(=O)O2)C(F)F. The lowest BCUT2D eigenvalue weighted by Crippen LogP contribution is -2.43. The molecule has 208 valence electrons. The zero-order valence-electron chi connectivity index (χ0n) is 19.9. The summed E-state index contributed by atoms with van der Waals surface area (Å²) in [6.45, 7) is -0.110. The van der Waals surface area contributed by atoms with Gasteiger partial charge in [-0.2, -0.15) is 8.78 Å². The van der Waals surface area contributed by atoms with Crippen molar-refractivity contribution in [1.29, 1.82) is 0 Å². The van der Waals surface area contributed by atoms with Gasteiger partial charge in [-0.25, -0.2) is 19.0 Å². The van der Waals surface area contributed by atoms with E-state index < -0.39 is 64.1 Å². The number of anilines is 2. The van der Waals surface area contributed by atoms with E-state index >= 15 is 8.78 Å². The summed E-state index contributed by atoms with van der Waals surface area (Å²) in [6.07, 6.45) is -4.10. The van der Waals surface area contributed by atoms with E-state index in [9.17, 15) is 33.3 Å². The first-order valence-corrected chi connectivity index (χ1v) is 11.6. The molecule has 13 nitrogen and oxygen atoms in total. The van der Waals surface area contributed by atoms with E-state index in [-0.39, 0.29) is 50.6 Å². The van der Waals surface area contributed by atoms with Gasteiger partial charge in [0.25, 0.3) is 5.91 Å². The number of carbonyl (C=O) groups excluding carboxylic acids is 3. The molecule has 3 amide bonds. The maximum Gasteiger partial charge on any atom is 0.433 e. The van der Waals surface area contributed by atoms with Gasteiger partial charge < -0.3 is 19.4 Å². The second kappa shape index (κ2) is 9.72. The molecular formula is C22H20F4N6O7. The highest BCUT2D eigenvalue weighted by Crippen LogP contribution is 2.46. The number of alkyl halides is 2. The van der Waals surface area contributed by atoms with Gasteiger partial charge in [-0.3, -0.25) is 29.6 Å². The molecule has 0 radical (unpaired) electrons. The average Bonchev–Trinajstić information content (AvgIpc) is 3.19. The van der Waals surface area contributed by atoms with E-state index in [0.717, 1.165) is 34.2 Å². The second-order valence-corrected chi connectivity index (χ2v) is 9.09. The summed E-state index contributed by atoms with van der Waals surface area (Å²) in [6, 6.07) is 3.19. The molecule has 1 spiro atoms. The number of rotatable bonds is 6. The number of carbonyl (C=O) groups is 3. The predicted molar refractivity (Wildman–Crippen MR) is 122 cm³/mol. The highest BCUT2D eigenvalue weighted by Gasteiger charge is 2.64. The molecule has 0 bridgehead atoms. The van der Waals surface area contributed by atoms with Crippen LogP contribution in [-0.4, -0.2) is 78.6 Å². The van der Waals surface area contributed by atoms with Gasteiger partial charge in [0.2, 0.25) is 5.76 Å². The summed E-state index contributed by atoms with van der Waals surface area (Å²) in [5, 5.41) is 14.0. The number of hydrogen-bond acceptors (Lipinski definition) is 9. The Kier molecular flexibility index (Phi) is 6.53. The minimum absolute atomic E-state index is 0.0187. The van der Waals surface area contributed by atoms with E-state index in [1.807, 2.05) is 0 Å². The van der Waals surface area contributed by atoms with E-state index in [1.165, 1.54) is 4.90 Å². The normalized spacial score (nSPS) is 22.7. The lowest BCUT2D eigenvalue weighted by Gasteiger charge is -2.25. The standard InChI is InChI=1S/C22H20F4N6O7/c23-12-7-11(30-10-22(39-21(30)35)9-15(22)28-19(33)18(25)26)8-13(24)17(12)29-4-3-27-31(6-5-29)20(34)14-1-2-16(38-14)32(36)37/h1-2,7-8,15,18,27H,3-6,9-10H2,(H,28,33)/t15-,22-/m0/s1. The third kappa shape index (κ3) is 4.91. The number of nitro groups is 1. The molecule has 2 aliphatic heterocycles. The number of ether oxygens (including phenoxy) is 1. The topological polar surface area (TPSA) is 151 Å². The predicted octanol–water partition coefficient (Wildman–Crippen LogP) is 1.78. The van der Waals surface area contributed by atoms with Crippen molar-refractivity contribution < 1.29 is 46.0 Å². The molecule has 1 aliphatic carbocycles. The number of nitrogens with one attached hydrogen (secondary N) is 2. The largest absolute Gasteiger partial charge is 0.438 e. The molecular weight excluding hydrogens is 536 g/mol. The third-order valence-corrected chi connectivity index (χ3v) is 6.61. The fourth-order valence-electron chi connectivity index (χ4n) is 4.59. The van der Waals surface area contributed by atoms with Crippen molar-refractivity contribution in [3.8, 4) is 0 Å². The van der Waals surface area contributed by atoms with Crippen LogP contribution in [0, 0.1) is 21.7 Å². The van der Waals surface area contributed by atoms with Gasteiger partial charge in [0.1, 0.15) is 10.6 Å². The quantitative estimate of drug-likeness (QED) is 0.308. The lowest BCUT2D eigenvalue weighted by atomic mass is 10.2. The van der Waals surface area contributed by atoms with Crippen LogP contribution < -0.4 is 20.5 Å². The molecule has 1 aromatic heterocycles. The molecule has 3 aliphatic rings. The van der Waals surface area contributed by atoms with Crippen LogP contribution in [-0.2, 0) is 9.53 Å². The first-order chi connectivity index (χ1) is 18.5. The first kappa shape index (κ1) is 26.2. The first-order valence-electron chi connectivity index (χ1n) is 11.6. The molecule has 3 heterocycles. The van der Waals surface area contributed by atoms with Crippen LogP contribution in [0.3, 0.4) is 0 Å². The number of furan rings is 1. The summed E-state index contributed by atoms with van der Waals surface area (Å²) in [7, 11) is 0. The molecule has 39 heavy (non-hydrogen) atoms. The molecule has 2 aromatic rings. The summed E-state index contributed by atoms with van der Waals surface area (Å²) < 4.78 is 65.5. The summed E-state index contributed by atoms with van der Waals surface area (Å²) >= 11 is 0. The molecule has 1 aromatic carbocycles. The van der Waals surface area contributed by atoms with Crippen molar-refractivity contribution in [2.75, 3.05) is 42.5 Å². The monoisotopic (exact) mass is 556 g/mol. The number of hydrogen-bond donors (Lipinski definition) is 2.